The van der Waals surface area contributed by atoms with Gasteiger partial charge in [0.15, 0.2) is 0 Å². The van der Waals surface area contributed by atoms with Gasteiger partial charge in [0.25, 0.3) is 0 Å². The van der Waals surface area contributed by atoms with E-state index in [1.54, 1.807) is 12.3 Å². The molecule has 0 aliphatic rings. The maximum Gasteiger partial charge on any atom is 0.303 e. The number of carboxylic acids is 1. The highest BCUT2D eigenvalue weighted by Gasteiger charge is 2.15. The summed E-state index contributed by atoms with van der Waals surface area (Å²) in [5, 5.41) is 18.1. The Balaban J connectivity index is 2.25. The lowest BCUT2D eigenvalue weighted by Gasteiger charge is -2.20. The predicted molar refractivity (Wildman–Crippen MR) is 75.1 cm³/mol. The number of amides is 1. The van der Waals surface area contributed by atoms with Crippen molar-refractivity contribution < 1.29 is 14.7 Å². The van der Waals surface area contributed by atoms with E-state index in [0.717, 1.165) is 12.1 Å². The van der Waals surface area contributed by atoms with Gasteiger partial charge in [-0.05, 0) is 30.7 Å². The summed E-state index contributed by atoms with van der Waals surface area (Å²) in [5.74, 6) is -0.0775. The fraction of sp³-hybridized carbons (Fsp3) is 0.643. The van der Waals surface area contributed by atoms with Gasteiger partial charge in [0.1, 0.15) is 0 Å². The van der Waals surface area contributed by atoms with Gasteiger partial charge in [-0.2, -0.15) is 5.10 Å². The summed E-state index contributed by atoms with van der Waals surface area (Å²) < 4.78 is 0. The van der Waals surface area contributed by atoms with Crippen LogP contribution >= 0.6 is 0 Å². The summed E-state index contributed by atoms with van der Waals surface area (Å²) in [6.45, 7) is 4.74. The second-order valence-corrected chi connectivity index (χ2v) is 5.33. The van der Waals surface area contributed by atoms with Crippen LogP contribution < -0.4 is 5.32 Å². The molecule has 0 aromatic carbocycles. The van der Waals surface area contributed by atoms with Crippen LogP contribution in [-0.2, 0) is 16.0 Å². The summed E-state index contributed by atoms with van der Waals surface area (Å²) in [4.78, 5) is 22.3. The van der Waals surface area contributed by atoms with E-state index in [4.69, 9.17) is 5.11 Å². The largest absolute Gasteiger partial charge is 0.481 e. The van der Waals surface area contributed by atoms with Crippen LogP contribution in [-0.4, -0.2) is 33.7 Å². The van der Waals surface area contributed by atoms with Gasteiger partial charge < -0.3 is 10.4 Å². The Labute approximate surface area is 119 Å². The molecular weight excluding hydrogens is 258 g/mol. The molecule has 6 nitrogen and oxygen atoms in total. The molecule has 0 aliphatic heterocycles. The maximum atomic E-state index is 11.7. The van der Waals surface area contributed by atoms with E-state index in [1.807, 2.05) is 0 Å². The third-order valence-electron chi connectivity index (χ3n) is 3.42. The first-order valence-corrected chi connectivity index (χ1v) is 6.95. The van der Waals surface area contributed by atoms with Gasteiger partial charge in [0.2, 0.25) is 5.91 Å². The molecule has 0 aliphatic carbocycles. The Hall–Kier alpha value is -1.85. The zero-order valence-electron chi connectivity index (χ0n) is 12.1. The third kappa shape index (κ3) is 6.36. The van der Waals surface area contributed by atoms with Crippen LogP contribution in [0.1, 0.15) is 38.8 Å². The number of H-pyrrole nitrogens is 1. The number of nitrogens with zero attached hydrogens (tertiary/aromatic N) is 1. The molecule has 1 aromatic rings. The minimum absolute atomic E-state index is 0.0463. The van der Waals surface area contributed by atoms with Crippen LogP contribution in [0.5, 0.6) is 0 Å². The molecule has 0 radical (unpaired) electrons. The number of aromatic nitrogens is 2. The Morgan fingerprint density at radius 2 is 2.15 bits per heavy atom. The number of nitrogens with one attached hydrogen (secondary N) is 2. The number of rotatable bonds is 9. The first kappa shape index (κ1) is 16.2. The third-order valence-corrected chi connectivity index (χ3v) is 3.42. The van der Waals surface area contributed by atoms with E-state index >= 15 is 0 Å². The highest BCUT2D eigenvalue weighted by Crippen LogP contribution is 2.20. The van der Waals surface area contributed by atoms with Crippen molar-refractivity contribution in [1.29, 1.82) is 0 Å². The lowest BCUT2D eigenvalue weighted by Crippen LogP contribution is -2.28. The van der Waals surface area contributed by atoms with Gasteiger partial charge in [-0.1, -0.05) is 13.8 Å². The van der Waals surface area contributed by atoms with Crippen LogP contribution in [0.3, 0.4) is 0 Å². The normalized spacial score (nSPS) is 12.3. The van der Waals surface area contributed by atoms with Crippen molar-refractivity contribution in [3.63, 3.8) is 0 Å². The van der Waals surface area contributed by atoms with Crippen molar-refractivity contribution >= 4 is 11.9 Å². The number of carboxylic acid groups (broad SMARTS) is 1. The van der Waals surface area contributed by atoms with Crippen molar-refractivity contribution in [3.05, 3.63) is 18.0 Å². The van der Waals surface area contributed by atoms with Crippen LogP contribution in [0.25, 0.3) is 0 Å². The average Bonchev–Trinajstić information content (AvgIpc) is 2.85. The van der Waals surface area contributed by atoms with Crippen LogP contribution in [0, 0.1) is 11.8 Å². The minimum Gasteiger partial charge on any atom is -0.481 e. The summed E-state index contributed by atoms with van der Waals surface area (Å²) in [5.41, 5.74) is 0.786. The smallest absolute Gasteiger partial charge is 0.303 e. The first-order valence-electron chi connectivity index (χ1n) is 6.95. The molecule has 1 heterocycles. The minimum atomic E-state index is -0.765. The van der Waals surface area contributed by atoms with Crippen LogP contribution in [0.15, 0.2) is 12.3 Å². The van der Waals surface area contributed by atoms with Gasteiger partial charge in [-0.3, -0.25) is 14.7 Å². The second-order valence-electron chi connectivity index (χ2n) is 5.33. The molecule has 1 unspecified atom stereocenters. The molecule has 0 spiro atoms. The fourth-order valence-electron chi connectivity index (χ4n) is 2.14. The quantitative estimate of drug-likeness (QED) is 0.640. The molecule has 0 saturated carbocycles. The average molecular weight is 281 g/mol. The SMILES string of the molecule is CC(C)C(CCNC(=O)Cc1ccn[nH]1)CCC(=O)O. The lowest BCUT2D eigenvalue weighted by atomic mass is 9.88. The topological polar surface area (TPSA) is 95.1 Å². The molecule has 1 amide bonds. The number of hydrogen-bond donors (Lipinski definition) is 3. The Morgan fingerprint density at radius 3 is 2.70 bits per heavy atom. The van der Waals surface area contributed by atoms with E-state index in [0.29, 0.717) is 31.2 Å². The summed E-state index contributed by atoms with van der Waals surface area (Å²) in [6.07, 6.45) is 3.55. The molecule has 1 aromatic heterocycles. The highest BCUT2D eigenvalue weighted by molar-refractivity contribution is 5.77. The number of carbonyl (C=O) groups excluding carboxylic acids is 1. The highest BCUT2D eigenvalue weighted by atomic mass is 16.4. The van der Waals surface area contributed by atoms with E-state index in [-0.39, 0.29) is 12.3 Å². The van der Waals surface area contributed by atoms with Gasteiger partial charge in [-0.15, -0.1) is 0 Å². The van der Waals surface area contributed by atoms with Crippen molar-refractivity contribution in [1.82, 2.24) is 15.5 Å². The van der Waals surface area contributed by atoms with Crippen molar-refractivity contribution in [2.75, 3.05) is 6.54 Å². The number of aliphatic carboxylic acids is 1. The number of aromatic amines is 1. The van der Waals surface area contributed by atoms with E-state index < -0.39 is 5.97 Å². The van der Waals surface area contributed by atoms with Crippen LogP contribution in [0.2, 0.25) is 0 Å². The molecule has 20 heavy (non-hydrogen) atoms. The van der Waals surface area contributed by atoms with Crippen molar-refractivity contribution in [2.45, 2.75) is 39.5 Å². The molecule has 1 rings (SSSR count). The van der Waals surface area contributed by atoms with Gasteiger partial charge in [-0.25, -0.2) is 0 Å². The molecule has 3 N–H and O–H groups in total. The van der Waals surface area contributed by atoms with Gasteiger partial charge in [0.05, 0.1) is 6.42 Å². The molecule has 1 atom stereocenters. The molecular formula is C14H23N3O3. The lowest BCUT2D eigenvalue weighted by molar-refractivity contribution is -0.137. The standard InChI is InChI=1S/C14H23N3O3/c1-10(2)11(3-4-14(19)20)5-7-15-13(18)9-12-6-8-16-17-12/h6,8,10-11H,3-5,7,9H2,1-2H3,(H,15,18)(H,16,17)(H,19,20). The van der Waals surface area contributed by atoms with Gasteiger partial charge >= 0.3 is 5.97 Å². The second kappa shape index (κ2) is 8.35. The number of carbonyl (C=O) groups is 2. The molecule has 6 heteroatoms. The van der Waals surface area contributed by atoms with Crippen LogP contribution in [0.4, 0.5) is 0 Å². The monoisotopic (exact) mass is 281 g/mol. The summed E-state index contributed by atoms with van der Waals surface area (Å²) in [6, 6.07) is 1.77. The Morgan fingerprint density at radius 1 is 1.40 bits per heavy atom. The van der Waals surface area contributed by atoms with E-state index in [1.165, 1.54) is 0 Å². The Kier molecular flexibility index (Phi) is 6.76. The van der Waals surface area contributed by atoms with Crippen molar-refractivity contribution in [3.8, 4) is 0 Å². The van der Waals surface area contributed by atoms with E-state index in [9.17, 15) is 9.59 Å². The Bertz CT molecular complexity index is 415. The number of hydrogen-bond acceptors (Lipinski definition) is 3. The zero-order chi connectivity index (χ0) is 15.0. The molecule has 0 saturated heterocycles. The summed E-state index contributed by atoms with van der Waals surface area (Å²) >= 11 is 0. The molecule has 0 fully saturated rings. The van der Waals surface area contributed by atoms with E-state index in [2.05, 4.69) is 29.4 Å². The maximum absolute atomic E-state index is 11.7. The zero-order valence-corrected chi connectivity index (χ0v) is 12.1. The first-order chi connectivity index (χ1) is 9.49. The molecule has 112 valence electrons. The summed E-state index contributed by atoms with van der Waals surface area (Å²) in [7, 11) is 0. The predicted octanol–water partition coefficient (Wildman–Crippen LogP) is 1.60. The van der Waals surface area contributed by atoms with Crippen molar-refractivity contribution in [2.24, 2.45) is 11.8 Å². The molecule has 0 bridgehead atoms. The fourth-order valence-corrected chi connectivity index (χ4v) is 2.14. The van der Waals surface area contributed by atoms with Gasteiger partial charge in [0, 0.05) is 24.9 Å².